The van der Waals surface area contributed by atoms with Crippen molar-refractivity contribution in [2.75, 3.05) is 24.2 Å². The van der Waals surface area contributed by atoms with Crippen molar-refractivity contribution in [1.82, 2.24) is 4.90 Å². The second-order valence-corrected chi connectivity index (χ2v) is 7.62. The van der Waals surface area contributed by atoms with Gasteiger partial charge in [0.1, 0.15) is 0 Å². The maximum atomic E-state index is 12.3. The Morgan fingerprint density at radius 2 is 1.63 bits per heavy atom. The Hall–Kier alpha value is -2.27. The Balaban J connectivity index is 1.83. The predicted molar refractivity (Wildman–Crippen MR) is 114 cm³/mol. The molecule has 0 aliphatic rings. The number of carbonyl (C=O) groups excluding carboxylic acids is 2. The van der Waals surface area contributed by atoms with E-state index in [9.17, 15) is 9.59 Å². The molecule has 0 radical (unpaired) electrons. The molecular weight excluding hydrogens is 356 g/mol. The van der Waals surface area contributed by atoms with Gasteiger partial charge < -0.3 is 10.2 Å². The number of amides is 2. The van der Waals surface area contributed by atoms with Gasteiger partial charge in [0, 0.05) is 41.4 Å². The van der Waals surface area contributed by atoms with E-state index < -0.39 is 0 Å². The number of hydrogen-bond acceptors (Lipinski definition) is 3. The molecular formula is C22H28N2O2S. The van der Waals surface area contributed by atoms with Gasteiger partial charge in [-0.3, -0.25) is 9.59 Å². The third-order valence-electron chi connectivity index (χ3n) is 4.54. The molecule has 0 aliphatic heterocycles. The molecule has 0 saturated carbocycles. The lowest BCUT2D eigenvalue weighted by atomic mass is 10.1. The van der Waals surface area contributed by atoms with Gasteiger partial charge in [-0.2, -0.15) is 0 Å². The molecule has 4 nitrogen and oxygen atoms in total. The van der Waals surface area contributed by atoms with E-state index in [0.29, 0.717) is 30.8 Å². The lowest BCUT2D eigenvalue weighted by Gasteiger charge is -2.18. The van der Waals surface area contributed by atoms with Crippen LogP contribution in [0.15, 0.2) is 47.4 Å². The van der Waals surface area contributed by atoms with Crippen molar-refractivity contribution in [3.63, 3.8) is 0 Å². The molecule has 0 unspecified atom stereocenters. The largest absolute Gasteiger partial charge is 0.339 e. The highest BCUT2D eigenvalue weighted by molar-refractivity contribution is 7.99. The molecule has 0 heterocycles. The lowest BCUT2D eigenvalue weighted by molar-refractivity contribution is -0.115. The molecule has 1 N–H and O–H groups in total. The molecule has 2 rings (SSSR count). The first kappa shape index (κ1) is 21.0. The molecule has 144 valence electrons. The van der Waals surface area contributed by atoms with Crippen LogP contribution in [0.3, 0.4) is 0 Å². The zero-order chi connectivity index (χ0) is 19.8. The van der Waals surface area contributed by atoms with E-state index in [1.807, 2.05) is 13.8 Å². The molecule has 2 aromatic rings. The third-order valence-corrected chi connectivity index (χ3v) is 5.54. The van der Waals surface area contributed by atoms with Crippen molar-refractivity contribution in [2.45, 2.75) is 39.0 Å². The topological polar surface area (TPSA) is 49.4 Å². The number of anilines is 1. The number of thioether (sulfide) groups is 1. The van der Waals surface area contributed by atoms with Crippen LogP contribution in [0, 0.1) is 13.8 Å². The molecule has 0 spiro atoms. The summed E-state index contributed by atoms with van der Waals surface area (Å²) in [6.45, 7) is 9.49. The standard InChI is InChI=1S/C22H28N2O2S/c1-5-24(6-2)22(26)18-8-10-19(11-9-18)23-21(25)13-14-27-20-12-7-16(3)17(4)15-20/h7-12,15H,5-6,13-14H2,1-4H3,(H,23,25). The fourth-order valence-electron chi connectivity index (χ4n) is 2.68. The molecule has 27 heavy (non-hydrogen) atoms. The molecule has 0 aromatic heterocycles. The third kappa shape index (κ3) is 6.14. The van der Waals surface area contributed by atoms with Crippen molar-refractivity contribution in [2.24, 2.45) is 0 Å². The second-order valence-electron chi connectivity index (χ2n) is 6.45. The van der Waals surface area contributed by atoms with Crippen LogP contribution in [0.1, 0.15) is 41.8 Å². The number of hydrogen-bond donors (Lipinski definition) is 1. The molecule has 0 fully saturated rings. The van der Waals surface area contributed by atoms with Crippen molar-refractivity contribution in [3.8, 4) is 0 Å². The summed E-state index contributed by atoms with van der Waals surface area (Å²) in [6, 6.07) is 13.5. The zero-order valence-electron chi connectivity index (χ0n) is 16.5. The van der Waals surface area contributed by atoms with Gasteiger partial charge in [-0.1, -0.05) is 6.07 Å². The highest BCUT2D eigenvalue weighted by Gasteiger charge is 2.12. The van der Waals surface area contributed by atoms with Crippen LogP contribution in [0.2, 0.25) is 0 Å². The summed E-state index contributed by atoms with van der Waals surface area (Å²) in [5, 5.41) is 2.89. The summed E-state index contributed by atoms with van der Waals surface area (Å²) in [4.78, 5) is 27.4. The van der Waals surface area contributed by atoms with Crippen LogP contribution in [0.4, 0.5) is 5.69 Å². The number of carbonyl (C=O) groups is 2. The minimum Gasteiger partial charge on any atom is -0.339 e. The van der Waals surface area contributed by atoms with Crippen LogP contribution in [-0.4, -0.2) is 35.6 Å². The van der Waals surface area contributed by atoms with Crippen molar-refractivity contribution in [1.29, 1.82) is 0 Å². The van der Waals surface area contributed by atoms with Gasteiger partial charge in [-0.25, -0.2) is 0 Å². The quantitative estimate of drug-likeness (QED) is 0.658. The summed E-state index contributed by atoms with van der Waals surface area (Å²) in [7, 11) is 0. The Morgan fingerprint density at radius 1 is 0.963 bits per heavy atom. The van der Waals surface area contributed by atoms with Gasteiger partial charge in [0.2, 0.25) is 5.91 Å². The molecule has 2 amide bonds. The summed E-state index contributed by atoms with van der Waals surface area (Å²) in [5.74, 6) is 0.726. The Kier molecular flexibility index (Phi) is 7.92. The number of nitrogens with one attached hydrogen (secondary N) is 1. The van der Waals surface area contributed by atoms with Crippen molar-refractivity contribution < 1.29 is 9.59 Å². The minimum atomic E-state index is -0.0193. The van der Waals surface area contributed by atoms with E-state index in [1.54, 1.807) is 40.9 Å². The summed E-state index contributed by atoms with van der Waals surface area (Å²) < 4.78 is 0. The smallest absolute Gasteiger partial charge is 0.253 e. The molecule has 0 saturated heterocycles. The average molecular weight is 385 g/mol. The predicted octanol–water partition coefficient (Wildman–Crippen LogP) is 4.91. The van der Waals surface area contributed by atoms with Gasteiger partial charge in [0.15, 0.2) is 0 Å². The number of rotatable bonds is 8. The molecule has 0 aliphatic carbocycles. The summed E-state index contributed by atoms with van der Waals surface area (Å²) in [5.41, 5.74) is 3.90. The number of aryl methyl sites for hydroxylation is 2. The SMILES string of the molecule is CCN(CC)C(=O)c1ccc(NC(=O)CCSc2ccc(C)c(C)c2)cc1. The van der Waals surface area contributed by atoms with E-state index >= 15 is 0 Å². The van der Waals surface area contributed by atoms with Gasteiger partial charge in [-0.15, -0.1) is 11.8 Å². The first-order chi connectivity index (χ1) is 12.9. The molecule has 5 heteroatoms. The van der Waals surface area contributed by atoms with E-state index in [-0.39, 0.29) is 11.8 Å². The maximum Gasteiger partial charge on any atom is 0.253 e. The summed E-state index contributed by atoms with van der Waals surface area (Å²) in [6.07, 6.45) is 0.442. The summed E-state index contributed by atoms with van der Waals surface area (Å²) >= 11 is 1.69. The van der Waals surface area contributed by atoms with Gasteiger partial charge in [0.25, 0.3) is 5.91 Å². The molecule has 0 atom stereocenters. The average Bonchev–Trinajstić information content (AvgIpc) is 2.66. The molecule has 0 bridgehead atoms. The van der Waals surface area contributed by atoms with Crippen LogP contribution >= 0.6 is 11.8 Å². The van der Waals surface area contributed by atoms with Gasteiger partial charge in [0.05, 0.1) is 0 Å². The van der Waals surface area contributed by atoms with E-state index in [4.69, 9.17) is 0 Å². The van der Waals surface area contributed by atoms with Crippen LogP contribution < -0.4 is 5.32 Å². The van der Waals surface area contributed by atoms with Crippen molar-refractivity contribution >= 4 is 29.3 Å². The van der Waals surface area contributed by atoms with Crippen LogP contribution in [0.5, 0.6) is 0 Å². The number of benzene rings is 2. The Labute approximate surface area is 166 Å². The second kappa shape index (κ2) is 10.2. The fourth-order valence-corrected chi connectivity index (χ4v) is 3.63. The minimum absolute atomic E-state index is 0.0164. The lowest BCUT2D eigenvalue weighted by Crippen LogP contribution is -2.30. The highest BCUT2D eigenvalue weighted by Crippen LogP contribution is 2.22. The van der Waals surface area contributed by atoms with Gasteiger partial charge >= 0.3 is 0 Å². The van der Waals surface area contributed by atoms with E-state index in [2.05, 4.69) is 37.4 Å². The molecule has 2 aromatic carbocycles. The van der Waals surface area contributed by atoms with E-state index in [1.165, 1.54) is 16.0 Å². The first-order valence-corrected chi connectivity index (χ1v) is 10.3. The fraction of sp³-hybridized carbons (Fsp3) is 0.364. The van der Waals surface area contributed by atoms with Gasteiger partial charge in [-0.05, 0) is 75.2 Å². The van der Waals surface area contributed by atoms with Crippen LogP contribution in [0.25, 0.3) is 0 Å². The highest BCUT2D eigenvalue weighted by atomic mass is 32.2. The Bertz CT molecular complexity index is 783. The zero-order valence-corrected chi connectivity index (χ0v) is 17.4. The van der Waals surface area contributed by atoms with Crippen molar-refractivity contribution in [3.05, 3.63) is 59.2 Å². The van der Waals surface area contributed by atoms with E-state index in [0.717, 1.165) is 5.75 Å². The first-order valence-electron chi connectivity index (χ1n) is 9.33. The van der Waals surface area contributed by atoms with Crippen LogP contribution in [-0.2, 0) is 4.79 Å². The Morgan fingerprint density at radius 3 is 2.22 bits per heavy atom. The monoisotopic (exact) mass is 384 g/mol. The maximum absolute atomic E-state index is 12.3. The number of nitrogens with zero attached hydrogens (tertiary/aromatic N) is 1. The normalized spacial score (nSPS) is 10.5.